The Kier molecular flexibility index (Phi) is 4.63. The van der Waals surface area contributed by atoms with Gasteiger partial charge in [-0.15, -0.1) is 0 Å². The molecule has 1 unspecified atom stereocenters. The third-order valence-electron chi connectivity index (χ3n) is 4.67. The lowest BCUT2D eigenvalue weighted by Gasteiger charge is -2.34. The minimum Gasteiger partial charge on any atom is -0.363 e. The van der Waals surface area contributed by atoms with E-state index in [1.54, 1.807) is 6.33 Å². The second kappa shape index (κ2) is 6.08. The van der Waals surface area contributed by atoms with Gasteiger partial charge in [-0.1, -0.05) is 6.92 Å². The molecule has 0 aliphatic carbocycles. The van der Waals surface area contributed by atoms with Crippen LogP contribution in [-0.4, -0.2) is 47.6 Å². The maximum Gasteiger partial charge on any atom is 0.131 e. The molecule has 0 spiro atoms. The first-order valence-electron chi connectivity index (χ1n) is 7.65. The Labute approximate surface area is 123 Å². The molecular formula is C16H28N4. The molecule has 2 rings (SSSR count). The molecule has 0 aromatic carbocycles. The van der Waals surface area contributed by atoms with E-state index in [0.717, 1.165) is 18.2 Å². The number of hydrogen-bond acceptors (Lipinski definition) is 4. The van der Waals surface area contributed by atoms with E-state index >= 15 is 0 Å². The van der Waals surface area contributed by atoms with Crippen LogP contribution < -0.4 is 4.90 Å². The Bertz CT molecular complexity index is 442. The molecule has 1 aliphatic heterocycles. The van der Waals surface area contributed by atoms with Crippen LogP contribution in [-0.2, 0) is 6.42 Å². The lowest BCUT2D eigenvalue weighted by atomic mass is 9.99. The number of likely N-dealkylation sites (tertiary alicyclic amines) is 1. The summed E-state index contributed by atoms with van der Waals surface area (Å²) in [6, 6.07) is 2.12. The minimum absolute atomic E-state index is 0.329. The Morgan fingerprint density at radius 1 is 1.35 bits per heavy atom. The van der Waals surface area contributed by atoms with Gasteiger partial charge in [0.25, 0.3) is 0 Å². The van der Waals surface area contributed by atoms with Gasteiger partial charge in [-0.2, -0.15) is 0 Å². The molecule has 0 radical (unpaired) electrons. The average Bonchev–Trinajstić information content (AvgIpc) is 2.88. The van der Waals surface area contributed by atoms with Crippen molar-refractivity contribution in [2.75, 3.05) is 32.1 Å². The fourth-order valence-electron chi connectivity index (χ4n) is 2.81. The summed E-state index contributed by atoms with van der Waals surface area (Å²) >= 11 is 0. The van der Waals surface area contributed by atoms with Crippen molar-refractivity contribution in [3.05, 3.63) is 18.1 Å². The van der Waals surface area contributed by atoms with E-state index in [-0.39, 0.29) is 0 Å². The molecule has 1 aliphatic rings. The standard InChI is InChI=1S/C16H28N4/c1-6-16(2,3)20-8-7-13(11-20)9-14-10-15(19(4)5)18-12-17-14/h10,12-13H,6-9,11H2,1-5H3. The van der Waals surface area contributed by atoms with E-state index < -0.39 is 0 Å². The van der Waals surface area contributed by atoms with Crippen LogP contribution >= 0.6 is 0 Å². The highest BCUT2D eigenvalue weighted by atomic mass is 15.2. The number of anilines is 1. The summed E-state index contributed by atoms with van der Waals surface area (Å²) in [5, 5.41) is 0. The fourth-order valence-corrected chi connectivity index (χ4v) is 2.81. The SMILES string of the molecule is CCC(C)(C)N1CCC(Cc2cc(N(C)C)ncn2)C1. The first-order valence-corrected chi connectivity index (χ1v) is 7.65. The van der Waals surface area contributed by atoms with Gasteiger partial charge >= 0.3 is 0 Å². The van der Waals surface area contributed by atoms with E-state index in [1.807, 2.05) is 19.0 Å². The average molecular weight is 276 g/mol. The normalized spacial score (nSPS) is 20.4. The minimum atomic E-state index is 0.329. The predicted octanol–water partition coefficient (Wildman–Crippen LogP) is 2.60. The van der Waals surface area contributed by atoms with Crippen molar-refractivity contribution in [1.82, 2.24) is 14.9 Å². The van der Waals surface area contributed by atoms with Crippen molar-refractivity contribution in [1.29, 1.82) is 0 Å². The largest absolute Gasteiger partial charge is 0.363 e. The van der Waals surface area contributed by atoms with Gasteiger partial charge in [0.2, 0.25) is 0 Å². The van der Waals surface area contributed by atoms with Crippen molar-refractivity contribution in [3.63, 3.8) is 0 Å². The second-order valence-corrected chi connectivity index (χ2v) is 6.73. The first kappa shape index (κ1) is 15.2. The van der Waals surface area contributed by atoms with Crippen molar-refractivity contribution in [2.45, 2.75) is 45.6 Å². The van der Waals surface area contributed by atoms with Gasteiger partial charge in [-0.05, 0) is 45.6 Å². The van der Waals surface area contributed by atoms with Crippen molar-refractivity contribution in [2.24, 2.45) is 5.92 Å². The van der Waals surface area contributed by atoms with E-state index in [2.05, 4.69) is 41.7 Å². The highest BCUT2D eigenvalue weighted by Crippen LogP contribution is 2.28. The quantitative estimate of drug-likeness (QED) is 0.827. The van der Waals surface area contributed by atoms with Gasteiger partial charge in [-0.25, -0.2) is 9.97 Å². The summed E-state index contributed by atoms with van der Waals surface area (Å²) in [5.74, 6) is 1.73. The highest BCUT2D eigenvalue weighted by Gasteiger charge is 2.32. The summed E-state index contributed by atoms with van der Waals surface area (Å²) < 4.78 is 0. The Balaban J connectivity index is 1.97. The zero-order valence-corrected chi connectivity index (χ0v) is 13.6. The molecule has 0 amide bonds. The molecule has 20 heavy (non-hydrogen) atoms. The zero-order valence-electron chi connectivity index (χ0n) is 13.6. The van der Waals surface area contributed by atoms with E-state index in [9.17, 15) is 0 Å². The number of hydrogen-bond donors (Lipinski definition) is 0. The van der Waals surface area contributed by atoms with Gasteiger partial charge in [0.05, 0.1) is 0 Å². The van der Waals surface area contributed by atoms with Gasteiger partial charge in [0.15, 0.2) is 0 Å². The Hall–Kier alpha value is -1.16. The monoisotopic (exact) mass is 276 g/mol. The van der Waals surface area contributed by atoms with Crippen molar-refractivity contribution >= 4 is 5.82 Å². The molecule has 0 bridgehead atoms. The van der Waals surface area contributed by atoms with E-state index in [0.29, 0.717) is 5.54 Å². The highest BCUT2D eigenvalue weighted by molar-refractivity contribution is 5.36. The smallest absolute Gasteiger partial charge is 0.131 e. The Morgan fingerprint density at radius 3 is 2.75 bits per heavy atom. The zero-order chi connectivity index (χ0) is 14.8. The third kappa shape index (κ3) is 3.48. The summed E-state index contributed by atoms with van der Waals surface area (Å²) in [6.07, 6.45) is 5.25. The van der Waals surface area contributed by atoms with Crippen LogP contribution in [0.3, 0.4) is 0 Å². The molecule has 2 heterocycles. The Morgan fingerprint density at radius 2 is 2.10 bits per heavy atom. The van der Waals surface area contributed by atoms with Crippen LogP contribution in [0.1, 0.15) is 39.3 Å². The maximum absolute atomic E-state index is 4.44. The van der Waals surface area contributed by atoms with Crippen LogP contribution in [0.25, 0.3) is 0 Å². The molecule has 1 fully saturated rings. The van der Waals surface area contributed by atoms with Crippen LogP contribution in [0.2, 0.25) is 0 Å². The van der Waals surface area contributed by atoms with Crippen LogP contribution in [0.4, 0.5) is 5.82 Å². The van der Waals surface area contributed by atoms with Crippen LogP contribution in [0.15, 0.2) is 12.4 Å². The van der Waals surface area contributed by atoms with Gasteiger partial charge in [0, 0.05) is 37.9 Å². The molecule has 1 saturated heterocycles. The molecule has 0 N–H and O–H groups in total. The second-order valence-electron chi connectivity index (χ2n) is 6.73. The van der Waals surface area contributed by atoms with Crippen molar-refractivity contribution in [3.8, 4) is 0 Å². The number of aromatic nitrogens is 2. The van der Waals surface area contributed by atoms with Gasteiger partial charge in [0.1, 0.15) is 12.1 Å². The summed E-state index contributed by atoms with van der Waals surface area (Å²) in [5.41, 5.74) is 1.50. The van der Waals surface area contributed by atoms with Crippen LogP contribution in [0, 0.1) is 5.92 Å². The number of nitrogens with zero attached hydrogens (tertiary/aromatic N) is 4. The molecule has 1 aromatic heterocycles. The van der Waals surface area contributed by atoms with Crippen molar-refractivity contribution < 1.29 is 0 Å². The molecule has 4 nitrogen and oxygen atoms in total. The molecule has 1 atom stereocenters. The van der Waals surface area contributed by atoms with E-state index in [4.69, 9.17) is 0 Å². The number of rotatable bonds is 5. The lowest BCUT2D eigenvalue weighted by molar-refractivity contribution is 0.144. The summed E-state index contributed by atoms with van der Waals surface area (Å²) in [7, 11) is 4.04. The third-order valence-corrected chi connectivity index (χ3v) is 4.67. The fraction of sp³-hybridized carbons (Fsp3) is 0.750. The van der Waals surface area contributed by atoms with Gasteiger partial charge < -0.3 is 4.90 Å². The molecule has 1 aromatic rings. The summed E-state index contributed by atoms with van der Waals surface area (Å²) in [4.78, 5) is 13.4. The molecule has 0 saturated carbocycles. The first-order chi connectivity index (χ1) is 9.42. The predicted molar refractivity (Wildman–Crippen MR) is 84.1 cm³/mol. The maximum atomic E-state index is 4.44. The summed E-state index contributed by atoms with van der Waals surface area (Å²) in [6.45, 7) is 9.40. The van der Waals surface area contributed by atoms with E-state index in [1.165, 1.54) is 31.6 Å². The topological polar surface area (TPSA) is 32.3 Å². The van der Waals surface area contributed by atoms with Crippen LogP contribution in [0.5, 0.6) is 0 Å². The molecule has 112 valence electrons. The molecule has 4 heteroatoms. The van der Waals surface area contributed by atoms with Gasteiger partial charge in [-0.3, -0.25) is 4.90 Å². The molecular weight excluding hydrogens is 248 g/mol. The lowest BCUT2D eigenvalue weighted by Crippen LogP contribution is -2.41.